The maximum atomic E-state index is 13.9. The van der Waals surface area contributed by atoms with Crippen LogP contribution in [0.25, 0.3) is 0 Å². The standard InChI is InChI=1S/C31H30BrN3O5S/c1-23(31(37)33-2)34(21-24-10-9-11-25(32)20-24)30(36)22-35(41(38,39)29-14-7-4-8-15-29)26-16-18-28(19-17-26)40-27-12-5-3-6-13-27/h3-20,23H,21-22H2,1-2H3,(H,33,37)/t23-/m0/s1. The second-order valence-electron chi connectivity index (χ2n) is 9.18. The third kappa shape index (κ3) is 7.53. The van der Waals surface area contributed by atoms with E-state index in [0.29, 0.717) is 11.5 Å². The lowest BCUT2D eigenvalue weighted by molar-refractivity contribution is -0.139. The Bertz CT molecular complexity index is 1580. The van der Waals surface area contributed by atoms with Gasteiger partial charge >= 0.3 is 0 Å². The normalized spacial score (nSPS) is 11.8. The molecule has 0 aliphatic heterocycles. The highest BCUT2D eigenvalue weighted by Crippen LogP contribution is 2.28. The summed E-state index contributed by atoms with van der Waals surface area (Å²) in [6, 6.07) is 30.1. The smallest absolute Gasteiger partial charge is 0.264 e. The van der Waals surface area contributed by atoms with Gasteiger partial charge in [0.05, 0.1) is 10.6 Å². The number of carbonyl (C=O) groups is 2. The van der Waals surface area contributed by atoms with Crippen LogP contribution < -0.4 is 14.4 Å². The zero-order valence-electron chi connectivity index (χ0n) is 22.6. The predicted octanol–water partition coefficient (Wildman–Crippen LogP) is 5.60. The number of carbonyl (C=O) groups excluding carboxylic acids is 2. The monoisotopic (exact) mass is 635 g/mol. The molecule has 0 fully saturated rings. The van der Waals surface area contributed by atoms with Crippen molar-refractivity contribution < 1.29 is 22.7 Å². The lowest BCUT2D eigenvalue weighted by Gasteiger charge is -2.31. The summed E-state index contributed by atoms with van der Waals surface area (Å²) in [4.78, 5) is 27.9. The van der Waals surface area contributed by atoms with Gasteiger partial charge in [-0.2, -0.15) is 0 Å². The average Bonchev–Trinajstić information content (AvgIpc) is 2.99. The Morgan fingerprint density at radius 2 is 1.46 bits per heavy atom. The Balaban J connectivity index is 1.69. The average molecular weight is 637 g/mol. The Morgan fingerprint density at radius 3 is 2.07 bits per heavy atom. The number of rotatable bonds is 11. The minimum absolute atomic E-state index is 0.0373. The van der Waals surface area contributed by atoms with E-state index < -0.39 is 28.5 Å². The first kappa shape index (κ1) is 29.8. The van der Waals surface area contributed by atoms with Gasteiger partial charge in [0.25, 0.3) is 10.0 Å². The summed E-state index contributed by atoms with van der Waals surface area (Å²) in [5, 5.41) is 2.58. The summed E-state index contributed by atoms with van der Waals surface area (Å²) in [6.45, 7) is 1.20. The van der Waals surface area contributed by atoms with Gasteiger partial charge in [0, 0.05) is 18.1 Å². The first-order valence-electron chi connectivity index (χ1n) is 12.9. The van der Waals surface area contributed by atoms with E-state index in [4.69, 9.17) is 4.74 Å². The number of ether oxygens (including phenoxy) is 1. The second kappa shape index (κ2) is 13.5. The van der Waals surface area contributed by atoms with E-state index in [0.717, 1.165) is 14.3 Å². The molecule has 8 nitrogen and oxygen atoms in total. The van der Waals surface area contributed by atoms with E-state index in [1.165, 1.54) is 24.1 Å². The summed E-state index contributed by atoms with van der Waals surface area (Å²) in [5.74, 6) is 0.238. The van der Waals surface area contributed by atoms with E-state index in [1.807, 2.05) is 54.6 Å². The van der Waals surface area contributed by atoms with Crippen molar-refractivity contribution in [1.29, 1.82) is 0 Å². The highest BCUT2D eigenvalue weighted by Gasteiger charge is 2.32. The highest BCUT2D eigenvalue weighted by molar-refractivity contribution is 9.10. The van der Waals surface area contributed by atoms with Crippen molar-refractivity contribution >= 4 is 43.5 Å². The van der Waals surface area contributed by atoms with Crippen molar-refractivity contribution in [2.75, 3.05) is 17.9 Å². The molecule has 212 valence electrons. The molecule has 0 unspecified atom stereocenters. The summed E-state index contributed by atoms with van der Waals surface area (Å²) in [5.41, 5.74) is 1.06. The first-order chi connectivity index (χ1) is 19.7. The van der Waals surface area contributed by atoms with Crippen LogP contribution in [-0.4, -0.2) is 44.8 Å². The molecule has 0 aliphatic rings. The molecule has 4 rings (SSSR count). The molecule has 0 radical (unpaired) electrons. The third-order valence-corrected chi connectivity index (χ3v) is 8.65. The van der Waals surface area contributed by atoms with Crippen LogP contribution in [0.2, 0.25) is 0 Å². The molecule has 0 saturated heterocycles. The van der Waals surface area contributed by atoms with E-state index >= 15 is 0 Å². The number of nitrogens with one attached hydrogen (secondary N) is 1. The fourth-order valence-corrected chi connectivity index (χ4v) is 6.06. The molecule has 4 aromatic carbocycles. The van der Waals surface area contributed by atoms with Crippen LogP contribution in [0.15, 0.2) is 119 Å². The van der Waals surface area contributed by atoms with Gasteiger partial charge in [0.1, 0.15) is 24.1 Å². The fourth-order valence-electron chi connectivity index (χ4n) is 4.18. The number of sulfonamides is 1. The molecule has 1 atom stereocenters. The number of halogens is 1. The largest absolute Gasteiger partial charge is 0.457 e. The number of likely N-dealkylation sites (N-methyl/N-ethyl adjacent to an activating group) is 1. The van der Waals surface area contributed by atoms with Crippen LogP contribution in [0.3, 0.4) is 0 Å². The third-order valence-electron chi connectivity index (χ3n) is 6.37. The van der Waals surface area contributed by atoms with Crippen LogP contribution in [0.1, 0.15) is 12.5 Å². The van der Waals surface area contributed by atoms with E-state index in [-0.39, 0.29) is 23.0 Å². The van der Waals surface area contributed by atoms with Gasteiger partial charge in [-0.3, -0.25) is 13.9 Å². The number of hydrogen-bond acceptors (Lipinski definition) is 5. The predicted molar refractivity (Wildman–Crippen MR) is 162 cm³/mol. The molecule has 41 heavy (non-hydrogen) atoms. The van der Waals surface area contributed by atoms with Crippen LogP contribution in [0, 0.1) is 0 Å². The van der Waals surface area contributed by atoms with Crippen molar-refractivity contribution in [2.24, 2.45) is 0 Å². The van der Waals surface area contributed by atoms with Gasteiger partial charge in [-0.1, -0.05) is 64.5 Å². The number of benzene rings is 4. The SMILES string of the molecule is CNC(=O)[C@H](C)N(Cc1cccc(Br)c1)C(=O)CN(c1ccc(Oc2ccccc2)cc1)S(=O)(=O)c1ccccc1. The van der Waals surface area contributed by atoms with Gasteiger partial charge < -0.3 is 15.0 Å². The van der Waals surface area contributed by atoms with Gasteiger partial charge in [0.15, 0.2) is 0 Å². The Kier molecular flexibility index (Phi) is 9.80. The summed E-state index contributed by atoms with van der Waals surface area (Å²) < 4.78 is 35.5. The maximum absolute atomic E-state index is 13.9. The molecule has 0 aliphatic carbocycles. The summed E-state index contributed by atoms with van der Waals surface area (Å²) in [6.07, 6.45) is 0. The van der Waals surface area contributed by atoms with E-state index in [1.54, 1.807) is 49.4 Å². The van der Waals surface area contributed by atoms with Crippen molar-refractivity contribution in [2.45, 2.75) is 24.4 Å². The lowest BCUT2D eigenvalue weighted by atomic mass is 10.1. The number of para-hydroxylation sites is 1. The molecule has 0 bridgehead atoms. The van der Waals surface area contributed by atoms with Gasteiger partial charge in [-0.25, -0.2) is 8.42 Å². The van der Waals surface area contributed by atoms with Gasteiger partial charge in [-0.15, -0.1) is 0 Å². The number of hydrogen-bond donors (Lipinski definition) is 1. The Labute approximate surface area is 248 Å². The zero-order chi connectivity index (χ0) is 29.4. The van der Waals surface area contributed by atoms with Crippen LogP contribution in [0.4, 0.5) is 5.69 Å². The molecule has 4 aromatic rings. The van der Waals surface area contributed by atoms with Crippen molar-refractivity contribution in [1.82, 2.24) is 10.2 Å². The van der Waals surface area contributed by atoms with Crippen molar-refractivity contribution in [3.8, 4) is 11.5 Å². The van der Waals surface area contributed by atoms with Gasteiger partial charge in [-0.05, 0) is 73.2 Å². The number of amides is 2. The van der Waals surface area contributed by atoms with Crippen LogP contribution in [0.5, 0.6) is 11.5 Å². The number of nitrogens with zero attached hydrogens (tertiary/aromatic N) is 2. The van der Waals surface area contributed by atoms with E-state index in [9.17, 15) is 18.0 Å². The Hall–Kier alpha value is -4.15. The molecular weight excluding hydrogens is 606 g/mol. The summed E-state index contributed by atoms with van der Waals surface area (Å²) >= 11 is 3.44. The molecule has 1 N–H and O–H groups in total. The van der Waals surface area contributed by atoms with Crippen LogP contribution in [-0.2, 0) is 26.2 Å². The molecule has 0 heterocycles. The quantitative estimate of drug-likeness (QED) is 0.231. The zero-order valence-corrected chi connectivity index (χ0v) is 25.0. The van der Waals surface area contributed by atoms with Crippen molar-refractivity contribution in [3.05, 3.63) is 119 Å². The Morgan fingerprint density at radius 1 is 0.854 bits per heavy atom. The molecule has 10 heteroatoms. The minimum atomic E-state index is -4.15. The van der Waals surface area contributed by atoms with Crippen LogP contribution >= 0.6 is 15.9 Å². The molecule has 2 amide bonds. The molecule has 0 saturated carbocycles. The fraction of sp³-hybridized carbons (Fsp3) is 0.161. The van der Waals surface area contributed by atoms with Gasteiger partial charge in [0.2, 0.25) is 11.8 Å². The minimum Gasteiger partial charge on any atom is -0.457 e. The van der Waals surface area contributed by atoms with E-state index in [2.05, 4.69) is 21.2 Å². The first-order valence-corrected chi connectivity index (χ1v) is 15.1. The molecular formula is C31H30BrN3O5S. The van der Waals surface area contributed by atoms with Crippen molar-refractivity contribution in [3.63, 3.8) is 0 Å². The number of anilines is 1. The highest BCUT2D eigenvalue weighted by atomic mass is 79.9. The maximum Gasteiger partial charge on any atom is 0.264 e. The lowest BCUT2D eigenvalue weighted by Crippen LogP contribution is -2.50. The summed E-state index contributed by atoms with van der Waals surface area (Å²) in [7, 11) is -2.66. The topological polar surface area (TPSA) is 96.0 Å². The molecule has 0 aromatic heterocycles. The second-order valence-corrected chi connectivity index (χ2v) is 12.0. The molecule has 0 spiro atoms.